The lowest BCUT2D eigenvalue weighted by Crippen LogP contribution is -2.19. The zero-order valence-corrected chi connectivity index (χ0v) is 11.4. The maximum absolute atomic E-state index is 12.1. The Morgan fingerprint density at radius 1 is 1.44 bits per heavy atom. The first-order valence-electron chi connectivity index (χ1n) is 3.98. The van der Waals surface area contributed by atoms with Crippen molar-refractivity contribution in [3.8, 4) is 5.75 Å². The molecule has 1 aromatic rings. The Balaban J connectivity index is 3.19. The molecule has 0 atom stereocenters. The van der Waals surface area contributed by atoms with Crippen molar-refractivity contribution in [2.24, 2.45) is 0 Å². The molecular weight excluding hydrogens is 406 g/mol. The molecule has 0 amide bonds. The standard InChI is InChI=1S/C8H6BrF3INO2/c9-1-4-5(3-15)7(13)14-2-6(4)16-8(10,11)12/h2,15H,1,3H2. The van der Waals surface area contributed by atoms with Gasteiger partial charge in [-0.2, -0.15) is 0 Å². The Kier molecular flexibility index (Phi) is 4.80. The maximum atomic E-state index is 12.1. The molecule has 8 heteroatoms. The average Bonchev–Trinajstić information content (AvgIpc) is 2.18. The molecule has 0 saturated heterocycles. The molecule has 0 bridgehead atoms. The van der Waals surface area contributed by atoms with Crippen LogP contribution in [0.2, 0.25) is 0 Å². The maximum Gasteiger partial charge on any atom is 0.573 e. The number of hydrogen-bond donors (Lipinski definition) is 1. The van der Waals surface area contributed by atoms with E-state index >= 15 is 0 Å². The summed E-state index contributed by atoms with van der Waals surface area (Å²) in [5.74, 6) is -0.395. The van der Waals surface area contributed by atoms with Crippen LogP contribution in [0.5, 0.6) is 5.75 Å². The molecule has 16 heavy (non-hydrogen) atoms. The first-order valence-corrected chi connectivity index (χ1v) is 6.18. The molecule has 3 nitrogen and oxygen atoms in total. The van der Waals surface area contributed by atoms with E-state index in [2.05, 4.69) is 25.7 Å². The Labute approximate surface area is 111 Å². The minimum Gasteiger partial charge on any atom is -0.404 e. The highest BCUT2D eigenvalue weighted by molar-refractivity contribution is 14.1. The van der Waals surface area contributed by atoms with Crippen LogP contribution in [0.25, 0.3) is 0 Å². The molecule has 0 unspecified atom stereocenters. The number of aromatic nitrogens is 1. The summed E-state index contributed by atoms with van der Waals surface area (Å²) in [7, 11) is 0. The molecule has 90 valence electrons. The average molecular weight is 412 g/mol. The number of hydrogen-bond acceptors (Lipinski definition) is 3. The second kappa shape index (κ2) is 5.50. The van der Waals surface area contributed by atoms with Crippen molar-refractivity contribution in [1.82, 2.24) is 4.98 Å². The summed E-state index contributed by atoms with van der Waals surface area (Å²) < 4.78 is 40.5. The predicted molar refractivity (Wildman–Crippen MR) is 62.2 cm³/mol. The van der Waals surface area contributed by atoms with Crippen molar-refractivity contribution in [1.29, 1.82) is 0 Å². The fourth-order valence-corrected chi connectivity index (χ4v) is 2.31. The van der Waals surface area contributed by atoms with E-state index in [0.717, 1.165) is 6.20 Å². The van der Waals surface area contributed by atoms with E-state index < -0.39 is 12.1 Å². The lowest BCUT2D eigenvalue weighted by molar-refractivity contribution is -0.275. The van der Waals surface area contributed by atoms with E-state index in [1.165, 1.54) is 0 Å². The van der Waals surface area contributed by atoms with Crippen LogP contribution in [-0.2, 0) is 11.9 Å². The quantitative estimate of drug-likeness (QED) is 0.472. The van der Waals surface area contributed by atoms with E-state index in [1.54, 1.807) is 0 Å². The van der Waals surface area contributed by atoms with E-state index in [-0.39, 0.29) is 17.5 Å². The summed E-state index contributed by atoms with van der Waals surface area (Å²) in [6.45, 7) is -0.388. The molecule has 0 aliphatic rings. The van der Waals surface area contributed by atoms with E-state index in [1.807, 2.05) is 22.6 Å². The van der Waals surface area contributed by atoms with Crippen molar-refractivity contribution < 1.29 is 23.0 Å². The summed E-state index contributed by atoms with van der Waals surface area (Å²) in [4.78, 5) is 3.72. The second-order valence-electron chi connectivity index (χ2n) is 2.71. The molecule has 0 fully saturated rings. The third-order valence-corrected chi connectivity index (χ3v) is 3.21. The van der Waals surface area contributed by atoms with Gasteiger partial charge in [0.15, 0.2) is 5.75 Å². The fourth-order valence-electron chi connectivity index (χ4n) is 1.06. The highest BCUT2D eigenvalue weighted by Gasteiger charge is 2.32. The van der Waals surface area contributed by atoms with Crippen LogP contribution < -0.4 is 4.74 Å². The summed E-state index contributed by atoms with van der Waals surface area (Å²) in [5.41, 5.74) is 0.582. The molecule has 1 rings (SSSR count). The van der Waals surface area contributed by atoms with Gasteiger partial charge in [0.05, 0.1) is 12.8 Å². The number of aliphatic hydroxyl groups is 1. The number of halogens is 5. The number of aliphatic hydroxyl groups excluding tert-OH is 1. The smallest absolute Gasteiger partial charge is 0.404 e. The first-order chi connectivity index (χ1) is 7.39. The van der Waals surface area contributed by atoms with Crippen molar-refractivity contribution in [3.63, 3.8) is 0 Å². The van der Waals surface area contributed by atoms with Gasteiger partial charge in [-0.25, -0.2) is 4.98 Å². The van der Waals surface area contributed by atoms with Crippen LogP contribution in [0.4, 0.5) is 13.2 Å². The van der Waals surface area contributed by atoms with Crippen LogP contribution in [0.1, 0.15) is 11.1 Å². The molecular formula is C8H6BrF3INO2. The van der Waals surface area contributed by atoms with Crippen LogP contribution >= 0.6 is 38.5 Å². The number of rotatable bonds is 3. The van der Waals surface area contributed by atoms with Gasteiger partial charge in [-0.15, -0.1) is 13.2 Å². The molecule has 0 aliphatic carbocycles. The Bertz CT molecular complexity index is 386. The van der Waals surface area contributed by atoms with Gasteiger partial charge in [-0.3, -0.25) is 0 Å². The van der Waals surface area contributed by atoms with Crippen molar-refractivity contribution in [3.05, 3.63) is 21.0 Å². The normalized spacial score (nSPS) is 11.6. The number of pyridine rings is 1. The van der Waals surface area contributed by atoms with Gasteiger partial charge in [0, 0.05) is 16.5 Å². The van der Waals surface area contributed by atoms with Crippen LogP contribution in [0, 0.1) is 3.70 Å². The zero-order chi connectivity index (χ0) is 12.3. The highest BCUT2D eigenvalue weighted by Crippen LogP contribution is 2.31. The molecule has 1 heterocycles. The second-order valence-corrected chi connectivity index (χ2v) is 4.29. The van der Waals surface area contributed by atoms with Crippen molar-refractivity contribution >= 4 is 38.5 Å². The Morgan fingerprint density at radius 2 is 2.06 bits per heavy atom. The van der Waals surface area contributed by atoms with Gasteiger partial charge in [0.2, 0.25) is 0 Å². The van der Waals surface area contributed by atoms with Crippen molar-refractivity contribution in [2.75, 3.05) is 0 Å². The van der Waals surface area contributed by atoms with E-state index in [9.17, 15) is 13.2 Å². The Hall–Kier alpha value is -0.0900. The first kappa shape index (κ1) is 14.0. The molecule has 0 aromatic carbocycles. The lowest BCUT2D eigenvalue weighted by Gasteiger charge is -2.14. The van der Waals surface area contributed by atoms with Crippen LogP contribution in [-0.4, -0.2) is 16.5 Å². The van der Waals surface area contributed by atoms with Crippen molar-refractivity contribution in [2.45, 2.75) is 18.3 Å². The van der Waals surface area contributed by atoms with Gasteiger partial charge in [-0.1, -0.05) is 15.9 Å². The predicted octanol–water partition coefficient (Wildman–Crippen LogP) is 2.97. The monoisotopic (exact) mass is 411 g/mol. The minimum atomic E-state index is -4.77. The summed E-state index contributed by atoms with van der Waals surface area (Å²) in [5, 5.41) is 9.20. The van der Waals surface area contributed by atoms with Gasteiger partial charge < -0.3 is 9.84 Å². The fraction of sp³-hybridized carbons (Fsp3) is 0.375. The molecule has 0 aliphatic heterocycles. The third-order valence-electron chi connectivity index (χ3n) is 1.72. The number of alkyl halides is 4. The minimum absolute atomic E-state index is 0.146. The third kappa shape index (κ3) is 3.45. The van der Waals surface area contributed by atoms with Gasteiger partial charge in [0.1, 0.15) is 3.70 Å². The van der Waals surface area contributed by atoms with Crippen LogP contribution in [0.3, 0.4) is 0 Å². The molecule has 0 saturated carbocycles. The largest absolute Gasteiger partial charge is 0.573 e. The molecule has 0 radical (unpaired) electrons. The molecule has 1 aromatic heterocycles. The molecule has 1 N–H and O–H groups in total. The summed E-state index contributed by atoms with van der Waals surface area (Å²) in [6.07, 6.45) is -3.77. The van der Waals surface area contributed by atoms with Gasteiger partial charge in [0.25, 0.3) is 0 Å². The topological polar surface area (TPSA) is 42.4 Å². The molecule has 0 spiro atoms. The van der Waals surface area contributed by atoms with Gasteiger partial charge in [-0.05, 0) is 22.6 Å². The van der Waals surface area contributed by atoms with Crippen LogP contribution in [0.15, 0.2) is 6.20 Å². The van der Waals surface area contributed by atoms with Gasteiger partial charge >= 0.3 is 6.36 Å². The van der Waals surface area contributed by atoms with E-state index in [0.29, 0.717) is 9.26 Å². The highest BCUT2D eigenvalue weighted by atomic mass is 127. The Morgan fingerprint density at radius 3 is 2.50 bits per heavy atom. The van der Waals surface area contributed by atoms with E-state index in [4.69, 9.17) is 5.11 Å². The SMILES string of the molecule is OCc1c(I)ncc(OC(F)(F)F)c1CBr. The summed E-state index contributed by atoms with van der Waals surface area (Å²) >= 11 is 4.89. The lowest BCUT2D eigenvalue weighted by atomic mass is 10.1. The zero-order valence-electron chi connectivity index (χ0n) is 7.68. The number of ether oxygens (including phenoxy) is 1. The summed E-state index contributed by atoms with van der Waals surface area (Å²) in [6, 6.07) is 0. The number of nitrogens with zero attached hydrogens (tertiary/aromatic N) is 1.